The van der Waals surface area contributed by atoms with E-state index < -0.39 is 0 Å². The van der Waals surface area contributed by atoms with E-state index in [1.807, 2.05) is 0 Å². The van der Waals surface area contributed by atoms with Crippen LogP contribution in [0.5, 0.6) is 0 Å². The molecule has 4 nitrogen and oxygen atoms in total. The van der Waals surface area contributed by atoms with Crippen LogP contribution in [0.4, 0.5) is 0 Å². The van der Waals surface area contributed by atoms with Crippen molar-refractivity contribution in [3.05, 3.63) is 0 Å². The zero-order valence-electron chi connectivity index (χ0n) is 10.7. The molecule has 4 heteroatoms. The van der Waals surface area contributed by atoms with Crippen LogP contribution in [0.15, 0.2) is 0 Å². The molecule has 98 valence electrons. The Morgan fingerprint density at radius 2 is 2.12 bits per heavy atom. The first-order valence-electron chi connectivity index (χ1n) is 6.83. The van der Waals surface area contributed by atoms with Crippen LogP contribution in [0.3, 0.4) is 0 Å². The number of hydrogen-bond acceptors (Lipinski definition) is 3. The van der Waals surface area contributed by atoms with E-state index in [0.29, 0.717) is 0 Å². The predicted molar refractivity (Wildman–Crippen MR) is 66.6 cm³/mol. The SMILES string of the molecule is CC1NCCC1C(=O)NC1(CO)CCCCC1. The maximum absolute atomic E-state index is 12.2. The lowest BCUT2D eigenvalue weighted by atomic mass is 9.81. The molecule has 1 amide bonds. The van der Waals surface area contributed by atoms with Gasteiger partial charge in [-0.15, -0.1) is 0 Å². The molecule has 2 aliphatic rings. The van der Waals surface area contributed by atoms with Crippen molar-refractivity contribution < 1.29 is 9.90 Å². The average molecular weight is 240 g/mol. The lowest BCUT2D eigenvalue weighted by Gasteiger charge is -2.37. The Kier molecular flexibility index (Phi) is 4.05. The van der Waals surface area contributed by atoms with Gasteiger partial charge in [0.05, 0.1) is 18.1 Å². The number of hydrogen-bond donors (Lipinski definition) is 3. The first-order chi connectivity index (χ1) is 8.17. The Morgan fingerprint density at radius 1 is 1.41 bits per heavy atom. The van der Waals surface area contributed by atoms with E-state index in [2.05, 4.69) is 17.6 Å². The highest BCUT2D eigenvalue weighted by molar-refractivity contribution is 5.80. The Morgan fingerprint density at radius 3 is 2.65 bits per heavy atom. The van der Waals surface area contributed by atoms with Gasteiger partial charge in [0, 0.05) is 6.04 Å². The number of aliphatic hydroxyl groups is 1. The highest BCUT2D eigenvalue weighted by Crippen LogP contribution is 2.28. The third kappa shape index (κ3) is 2.80. The van der Waals surface area contributed by atoms with Crippen LogP contribution in [0.2, 0.25) is 0 Å². The summed E-state index contributed by atoms with van der Waals surface area (Å²) in [5.41, 5.74) is -0.336. The third-order valence-corrected chi connectivity index (χ3v) is 4.36. The number of carbonyl (C=O) groups excluding carboxylic acids is 1. The Labute approximate surface area is 103 Å². The molecule has 2 rings (SSSR count). The number of nitrogens with one attached hydrogen (secondary N) is 2. The molecular weight excluding hydrogens is 216 g/mol. The van der Waals surface area contributed by atoms with Crippen LogP contribution in [0, 0.1) is 5.92 Å². The molecule has 0 radical (unpaired) electrons. The standard InChI is InChI=1S/C13H24N2O2/c1-10-11(5-8-14-10)12(17)15-13(9-16)6-3-2-4-7-13/h10-11,14,16H,2-9H2,1H3,(H,15,17). The van der Waals surface area contributed by atoms with Gasteiger partial charge in [0.2, 0.25) is 5.91 Å². The fourth-order valence-electron chi connectivity index (χ4n) is 3.12. The average Bonchev–Trinajstić information content (AvgIpc) is 2.77. The van der Waals surface area contributed by atoms with Crippen molar-refractivity contribution in [1.29, 1.82) is 0 Å². The van der Waals surface area contributed by atoms with Crippen LogP contribution >= 0.6 is 0 Å². The highest BCUT2D eigenvalue weighted by Gasteiger charge is 2.37. The van der Waals surface area contributed by atoms with Crippen molar-refractivity contribution in [1.82, 2.24) is 10.6 Å². The lowest BCUT2D eigenvalue weighted by molar-refractivity contribution is -0.128. The summed E-state index contributed by atoms with van der Waals surface area (Å²) in [6.07, 6.45) is 6.19. The largest absolute Gasteiger partial charge is 0.394 e. The van der Waals surface area contributed by atoms with E-state index in [1.54, 1.807) is 0 Å². The first-order valence-corrected chi connectivity index (χ1v) is 6.83. The summed E-state index contributed by atoms with van der Waals surface area (Å²) in [5.74, 6) is 0.193. The fourth-order valence-corrected chi connectivity index (χ4v) is 3.12. The second kappa shape index (κ2) is 5.36. The Balaban J connectivity index is 1.95. The van der Waals surface area contributed by atoms with Gasteiger partial charge in [-0.3, -0.25) is 4.79 Å². The van der Waals surface area contributed by atoms with Crippen molar-refractivity contribution in [3.63, 3.8) is 0 Å². The van der Waals surface area contributed by atoms with Crippen LogP contribution in [-0.4, -0.2) is 35.7 Å². The van der Waals surface area contributed by atoms with Gasteiger partial charge < -0.3 is 15.7 Å². The summed E-state index contributed by atoms with van der Waals surface area (Å²) in [5, 5.41) is 16.0. The fraction of sp³-hybridized carbons (Fsp3) is 0.923. The van der Waals surface area contributed by atoms with Crippen molar-refractivity contribution in [3.8, 4) is 0 Å². The quantitative estimate of drug-likeness (QED) is 0.683. The zero-order chi connectivity index (χ0) is 12.3. The molecule has 1 heterocycles. The predicted octanol–water partition coefficient (Wildman–Crippen LogP) is 0.796. The van der Waals surface area contributed by atoms with Gasteiger partial charge in [-0.2, -0.15) is 0 Å². The van der Waals surface area contributed by atoms with Crippen molar-refractivity contribution in [2.75, 3.05) is 13.2 Å². The number of aliphatic hydroxyl groups excluding tert-OH is 1. The second-order valence-electron chi connectivity index (χ2n) is 5.63. The smallest absolute Gasteiger partial charge is 0.225 e. The van der Waals surface area contributed by atoms with Crippen molar-refractivity contribution in [2.24, 2.45) is 5.92 Å². The van der Waals surface area contributed by atoms with Gasteiger partial charge in [0.15, 0.2) is 0 Å². The molecule has 0 spiro atoms. The van der Waals surface area contributed by atoms with E-state index in [0.717, 1.165) is 38.6 Å². The molecule has 2 unspecified atom stereocenters. The van der Waals surface area contributed by atoms with E-state index in [-0.39, 0.29) is 30.0 Å². The monoisotopic (exact) mass is 240 g/mol. The molecule has 0 aromatic carbocycles. The molecule has 1 aliphatic heterocycles. The maximum Gasteiger partial charge on any atom is 0.225 e. The van der Waals surface area contributed by atoms with E-state index in [9.17, 15) is 9.90 Å². The minimum atomic E-state index is -0.336. The van der Waals surface area contributed by atoms with E-state index in [1.165, 1.54) is 6.42 Å². The number of carbonyl (C=O) groups is 1. The van der Waals surface area contributed by atoms with Gasteiger partial charge in [0.1, 0.15) is 0 Å². The summed E-state index contributed by atoms with van der Waals surface area (Å²) in [6, 6.07) is 0.259. The highest BCUT2D eigenvalue weighted by atomic mass is 16.3. The van der Waals surface area contributed by atoms with Gasteiger partial charge in [-0.05, 0) is 32.7 Å². The number of amides is 1. The molecule has 1 saturated carbocycles. The van der Waals surface area contributed by atoms with Crippen LogP contribution in [-0.2, 0) is 4.79 Å². The maximum atomic E-state index is 12.2. The summed E-state index contributed by atoms with van der Waals surface area (Å²) in [4.78, 5) is 12.2. The van der Waals surface area contributed by atoms with Crippen LogP contribution in [0.25, 0.3) is 0 Å². The summed E-state index contributed by atoms with van der Waals surface area (Å²) >= 11 is 0. The molecular formula is C13H24N2O2. The topological polar surface area (TPSA) is 61.4 Å². The minimum Gasteiger partial charge on any atom is -0.394 e. The van der Waals surface area contributed by atoms with E-state index in [4.69, 9.17) is 0 Å². The third-order valence-electron chi connectivity index (χ3n) is 4.36. The Bertz CT molecular complexity index is 275. The molecule has 0 aromatic rings. The molecule has 1 aliphatic carbocycles. The molecule has 3 N–H and O–H groups in total. The van der Waals surface area contributed by atoms with Crippen LogP contribution in [0.1, 0.15) is 45.4 Å². The minimum absolute atomic E-state index is 0.0698. The van der Waals surface area contributed by atoms with Gasteiger partial charge in [-0.1, -0.05) is 19.3 Å². The lowest BCUT2D eigenvalue weighted by Crippen LogP contribution is -2.55. The van der Waals surface area contributed by atoms with E-state index >= 15 is 0 Å². The summed E-state index contributed by atoms with van der Waals surface area (Å²) in [7, 11) is 0. The molecule has 17 heavy (non-hydrogen) atoms. The molecule has 1 saturated heterocycles. The molecule has 0 bridgehead atoms. The van der Waals surface area contributed by atoms with Crippen LogP contribution < -0.4 is 10.6 Å². The molecule has 2 atom stereocenters. The first kappa shape index (κ1) is 12.8. The normalized spacial score (nSPS) is 32.4. The van der Waals surface area contributed by atoms with Crippen molar-refractivity contribution in [2.45, 2.75) is 57.0 Å². The zero-order valence-corrected chi connectivity index (χ0v) is 10.7. The van der Waals surface area contributed by atoms with Gasteiger partial charge in [0.25, 0.3) is 0 Å². The summed E-state index contributed by atoms with van der Waals surface area (Å²) in [6.45, 7) is 3.06. The van der Waals surface area contributed by atoms with Gasteiger partial charge >= 0.3 is 0 Å². The second-order valence-corrected chi connectivity index (χ2v) is 5.63. The molecule has 0 aromatic heterocycles. The Hall–Kier alpha value is -0.610. The van der Waals surface area contributed by atoms with Gasteiger partial charge in [-0.25, -0.2) is 0 Å². The summed E-state index contributed by atoms with van der Waals surface area (Å²) < 4.78 is 0. The van der Waals surface area contributed by atoms with Crippen molar-refractivity contribution >= 4 is 5.91 Å². The molecule has 2 fully saturated rings. The number of rotatable bonds is 3.